The molecule has 2 aromatic heterocycles. The summed E-state index contributed by atoms with van der Waals surface area (Å²) < 4.78 is 39.9. The highest BCUT2D eigenvalue weighted by molar-refractivity contribution is 7.80. The largest absolute Gasteiger partial charge is 0.434 e. The van der Waals surface area contributed by atoms with E-state index in [1.165, 1.54) is 10.5 Å². The van der Waals surface area contributed by atoms with E-state index < -0.39 is 23.4 Å². The molecule has 1 aliphatic rings. The minimum absolute atomic E-state index is 0.210. The number of aliphatic hydroxyl groups is 1. The van der Waals surface area contributed by atoms with Gasteiger partial charge in [0.2, 0.25) is 0 Å². The molecule has 0 aliphatic heterocycles. The number of hydrogen-bond acceptors (Lipinski definition) is 3. The molecule has 0 radical (unpaired) electrons. The Morgan fingerprint density at radius 2 is 2.12 bits per heavy atom. The first-order valence-corrected chi connectivity index (χ1v) is 8.16. The van der Waals surface area contributed by atoms with Crippen molar-refractivity contribution < 1.29 is 18.3 Å². The standard InChI is InChI=1S/C16H18F3N3OS/c1-20-14(24)15(7-3-2-4-12(15)23)10-5-6-13-21-11(16(17,18)19)9-22(13)8-10/h5-6,8-9,12,23H,2-4,7H2,1H3,(H,20,24). The molecule has 3 rings (SSSR count). The number of rotatable bonds is 2. The molecule has 1 saturated carbocycles. The quantitative estimate of drug-likeness (QED) is 0.811. The van der Waals surface area contributed by atoms with Gasteiger partial charge in [-0.2, -0.15) is 13.2 Å². The van der Waals surface area contributed by atoms with Gasteiger partial charge >= 0.3 is 6.18 Å². The fraction of sp³-hybridized carbons (Fsp3) is 0.500. The van der Waals surface area contributed by atoms with Crippen LogP contribution in [0.5, 0.6) is 0 Å². The summed E-state index contributed by atoms with van der Waals surface area (Å²) in [5, 5.41) is 13.6. The van der Waals surface area contributed by atoms with Crippen LogP contribution in [0.3, 0.4) is 0 Å². The van der Waals surface area contributed by atoms with Crippen molar-refractivity contribution >= 4 is 22.9 Å². The van der Waals surface area contributed by atoms with Gasteiger partial charge in [0.1, 0.15) is 5.65 Å². The summed E-state index contributed by atoms with van der Waals surface area (Å²) in [6, 6.07) is 3.24. The van der Waals surface area contributed by atoms with Crippen LogP contribution in [0.25, 0.3) is 5.65 Å². The molecular formula is C16H18F3N3OS. The lowest BCUT2D eigenvalue weighted by Crippen LogP contribution is -2.52. The number of thiocarbonyl (C=S) groups is 1. The molecule has 24 heavy (non-hydrogen) atoms. The normalized spacial score (nSPS) is 25.0. The summed E-state index contributed by atoms with van der Waals surface area (Å²) in [6.07, 6.45) is 0.455. The van der Waals surface area contributed by atoms with Crippen LogP contribution >= 0.6 is 12.2 Å². The van der Waals surface area contributed by atoms with Crippen LogP contribution < -0.4 is 5.32 Å². The van der Waals surface area contributed by atoms with Crippen molar-refractivity contribution in [3.8, 4) is 0 Å². The van der Waals surface area contributed by atoms with Crippen LogP contribution in [-0.2, 0) is 11.6 Å². The summed E-state index contributed by atoms with van der Waals surface area (Å²) in [7, 11) is 1.70. The molecule has 2 atom stereocenters. The first-order chi connectivity index (χ1) is 11.3. The molecular weight excluding hydrogens is 339 g/mol. The lowest BCUT2D eigenvalue weighted by atomic mass is 9.67. The number of fused-ring (bicyclic) bond motifs is 1. The monoisotopic (exact) mass is 357 g/mol. The molecule has 4 nitrogen and oxygen atoms in total. The number of halogens is 3. The van der Waals surface area contributed by atoms with Gasteiger partial charge < -0.3 is 14.8 Å². The zero-order chi connectivity index (χ0) is 17.5. The van der Waals surface area contributed by atoms with Gasteiger partial charge in [-0.1, -0.05) is 31.1 Å². The second kappa shape index (κ2) is 6.00. The average molecular weight is 357 g/mol. The third-order valence-corrected chi connectivity index (χ3v) is 5.32. The van der Waals surface area contributed by atoms with E-state index in [9.17, 15) is 18.3 Å². The molecule has 1 fully saturated rings. The molecule has 0 spiro atoms. The lowest BCUT2D eigenvalue weighted by Gasteiger charge is -2.42. The van der Waals surface area contributed by atoms with E-state index in [1.54, 1.807) is 19.3 Å². The number of nitrogens with one attached hydrogen (secondary N) is 1. The molecule has 2 heterocycles. The number of pyridine rings is 1. The molecule has 2 aromatic rings. The first kappa shape index (κ1) is 17.2. The van der Waals surface area contributed by atoms with Crippen LogP contribution in [0.4, 0.5) is 13.2 Å². The van der Waals surface area contributed by atoms with Gasteiger partial charge in [0, 0.05) is 19.4 Å². The van der Waals surface area contributed by atoms with Gasteiger partial charge in [-0.15, -0.1) is 0 Å². The van der Waals surface area contributed by atoms with Gasteiger partial charge in [0.25, 0.3) is 0 Å². The van der Waals surface area contributed by atoms with Crippen molar-refractivity contribution in [3.05, 3.63) is 35.8 Å². The van der Waals surface area contributed by atoms with E-state index in [2.05, 4.69) is 10.3 Å². The summed E-state index contributed by atoms with van der Waals surface area (Å²) in [6.45, 7) is 0. The van der Waals surface area contributed by atoms with Crippen molar-refractivity contribution in [2.24, 2.45) is 0 Å². The second-order valence-electron chi connectivity index (χ2n) is 6.12. The molecule has 1 aliphatic carbocycles. The van der Waals surface area contributed by atoms with Crippen molar-refractivity contribution in [1.82, 2.24) is 14.7 Å². The Labute approximate surface area is 142 Å². The van der Waals surface area contributed by atoms with Crippen LogP contribution in [-0.4, -0.2) is 32.6 Å². The number of likely N-dealkylation sites (N-methyl/N-ethyl adjacent to an activating group) is 1. The van der Waals surface area contributed by atoms with Gasteiger partial charge in [0.15, 0.2) is 5.69 Å². The highest BCUT2D eigenvalue weighted by Crippen LogP contribution is 2.41. The van der Waals surface area contributed by atoms with E-state index in [-0.39, 0.29) is 5.65 Å². The maximum atomic E-state index is 12.9. The second-order valence-corrected chi connectivity index (χ2v) is 6.53. The third-order valence-electron chi connectivity index (χ3n) is 4.76. The zero-order valence-corrected chi connectivity index (χ0v) is 13.9. The summed E-state index contributed by atoms with van der Waals surface area (Å²) in [5.41, 5.74) is -0.803. The van der Waals surface area contributed by atoms with E-state index in [1.807, 2.05) is 0 Å². The van der Waals surface area contributed by atoms with E-state index in [0.29, 0.717) is 23.4 Å². The summed E-state index contributed by atoms with van der Waals surface area (Å²) in [5.74, 6) is 0. The minimum Gasteiger partial charge on any atom is -0.392 e. The SMILES string of the molecule is CNC(=S)C1(c2ccc3nc(C(F)(F)F)cn3c2)CCCCC1O. The van der Waals surface area contributed by atoms with Crippen LogP contribution in [0, 0.1) is 0 Å². The summed E-state index contributed by atoms with van der Waals surface area (Å²) >= 11 is 5.46. The van der Waals surface area contributed by atoms with Crippen LogP contribution in [0.1, 0.15) is 36.9 Å². The lowest BCUT2D eigenvalue weighted by molar-refractivity contribution is -0.140. The Hall–Kier alpha value is -1.67. The predicted octanol–water partition coefficient (Wildman–Crippen LogP) is 3.07. The molecule has 2 unspecified atom stereocenters. The van der Waals surface area contributed by atoms with Crippen molar-refractivity contribution in [2.45, 2.75) is 43.4 Å². The number of nitrogens with zero attached hydrogens (tertiary/aromatic N) is 2. The number of imidazole rings is 1. The van der Waals surface area contributed by atoms with Gasteiger partial charge in [-0.05, 0) is 24.5 Å². The molecule has 0 bridgehead atoms. The Bertz CT molecular complexity index is 774. The highest BCUT2D eigenvalue weighted by Gasteiger charge is 2.45. The van der Waals surface area contributed by atoms with Gasteiger partial charge in [-0.25, -0.2) is 4.98 Å². The zero-order valence-electron chi connectivity index (χ0n) is 13.1. The van der Waals surface area contributed by atoms with Crippen LogP contribution in [0.2, 0.25) is 0 Å². The minimum atomic E-state index is -4.49. The van der Waals surface area contributed by atoms with E-state index in [0.717, 1.165) is 19.0 Å². The Balaban J connectivity index is 2.13. The maximum absolute atomic E-state index is 12.9. The fourth-order valence-corrected chi connectivity index (χ4v) is 3.86. The number of aliphatic hydroxyl groups excluding tert-OH is 1. The molecule has 0 aromatic carbocycles. The molecule has 130 valence electrons. The first-order valence-electron chi connectivity index (χ1n) is 7.75. The smallest absolute Gasteiger partial charge is 0.392 e. The number of hydrogen-bond donors (Lipinski definition) is 2. The summed E-state index contributed by atoms with van der Waals surface area (Å²) in [4.78, 5) is 4.11. The molecule has 8 heteroatoms. The van der Waals surface area contributed by atoms with Crippen LogP contribution in [0.15, 0.2) is 24.5 Å². The number of aromatic nitrogens is 2. The number of alkyl halides is 3. The maximum Gasteiger partial charge on any atom is 0.434 e. The van der Waals surface area contributed by atoms with E-state index >= 15 is 0 Å². The Morgan fingerprint density at radius 3 is 2.75 bits per heavy atom. The van der Waals surface area contributed by atoms with Gasteiger partial charge in [0.05, 0.1) is 16.5 Å². The predicted molar refractivity (Wildman–Crippen MR) is 88.0 cm³/mol. The highest BCUT2D eigenvalue weighted by atomic mass is 32.1. The van der Waals surface area contributed by atoms with Crippen molar-refractivity contribution in [2.75, 3.05) is 7.05 Å². The topological polar surface area (TPSA) is 49.6 Å². The van der Waals surface area contributed by atoms with Crippen molar-refractivity contribution in [3.63, 3.8) is 0 Å². The van der Waals surface area contributed by atoms with E-state index in [4.69, 9.17) is 12.2 Å². The Morgan fingerprint density at radius 1 is 1.38 bits per heavy atom. The molecule has 0 amide bonds. The third kappa shape index (κ3) is 2.67. The average Bonchev–Trinajstić information content (AvgIpc) is 2.98. The van der Waals surface area contributed by atoms with Gasteiger partial charge in [-0.3, -0.25) is 0 Å². The Kier molecular flexibility index (Phi) is 4.29. The fourth-order valence-electron chi connectivity index (χ4n) is 3.50. The molecule has 0 saturated heterocycles. The molecule has 2 N–H and O–H groups in total. The van der Waals surface area contributed by atoms with Crippen molar-refractivity contribution in [1.29, 1.82) is 0 Å².